The number of methoxy groups -OCH3 is 1. The number of rotatable bonds is 2. The molecule has 33 heavy (non-hydrogen) atoms. The van der Waals surface area contributed by atoms with Crippen LogP contribution in [0.4, 0.5) is 11.4 Å². The van der Waals surface area contributed by atoms with Gasteiger partial charge in [-0.2, -0.15) is 0 Å². The van der Waals surface area contributed by atoms with E-state index in [2.05, 4.69) is 20.9 Å². The number of carbonyl (C=O) groups excluding carboxylic acids is 3. The number of ether oxygens (including phenoxy) is 1. The fourth-order valence-electron chi connectivity index (χ4n) is 5.99. The van der Waals surface area contributed by atoms with Gasteiger partial charge in [-0.3, -0.25) is 24.7 Å². The van der Waals surface area contributed by atoms with Crippen molar-refractivity contribution in [2.24, 2.45) is 0 Å². The molecule has 3 aromatic rings. The van der Waals surface area contributed by atoms with E-state index in [0.717, 1.165) is 0 Å². The zero-order valence-electron chi connectivity index (χ0n) is 17.7. The van der Waals surface area contributed by atoms with Crippen LogP contribution in [0.3, 0.4) is 0 Å². The second-order valence-electron chi connectivity index (χ2n) is 8.47. The van der Waals surface area contributed by atoms with Gasteiger partial charge in [0.15, 0.2) is 0 Å². The Morgan fingerprint density at radius 1 is 0.909 bits per heavy atom. The lowest BCUT2D eigenvalue weighted by atomic mass is 9.57. The number of carbonyl (C=O) groups is 3. The van der Waals surface area contributed by atoms with Gasteiger partial charge in [-0.25, -0.2) is 0 Å². The molecule has 1 saturated heterocycles. The van der Waals surface area contributed by atoms with E-state index in [-0.39, 0.29) is 5.91 Å². The average molecular weight is 440 g/mol. The van der Waals surface area contributed by atoms with E-state index in [9.17, 15) is 14.4 Å². The van der Waals surface area contributed by atoms with Gasteiger partial charge in [-0.1, -0.05) is 42.5 Å². The molecular formula is C25H20N4O4. The van der Waals surface area contributed by atoms with Crippen molar-refractivity contribution < 1.29 is 19.1 Å². The van der Waals surface area contributed by atoms with Gasteiger partial charge >= 0.3 is 5.97 Å². The molecule has 2 spiro atoms. The largest absolute Gasteiger partial charge is 0.468 e. The highest BCUT2D eigenvalue weighted by molar-refractivity contribution is 6.19. The summed E-state index contributed by atoms with van der Waals surface area (Å²) in [6, 6.07) is 17.1. The number of esters is 1. The lowest BCUT2D eigenvalue weighted by Crippen LogP contribution is -2.60. The van der Waals surface area contributed by atoms with Crippen molar-refractivity contribution in [1.29, 1.82) is 0 Å². The zero-order chi connectivity index (χ0) is 22.8. The van der Waals surface area contributed by atoms with Gasteiger partial charge in [-0.15, -0.1) is 0 Å². The molecule has 4 atom stereocenters. The number of para-hydroxylation sites is 2. The summed E-state index contributed by atoms with van der Waals surface area (Å²) < 4.78 is 5.15. The summed E-state index contributed by atoms with van der Waals surface area (Å²) in [5.41, 5.74) is 0.113. The SMILES string of the molecule is COC(=O)[C@@H]1N[C@@]2(C(=O)Nc3ccccc32)[C@]2(C(=O)Nc3ccccc32)[C@H]1c1cccnc1. The van der Waals surface area contributed by atoms with E-state index in [1.807, 2.05) is 42.5 Å². The molecule has 164 valence electrons. The number of amides is 2. The summed E-state index contributed by atoms with van der Waals surface area (Å²) in [6.45, 7) is 0. The van der Waals surface area contributed by atoms with Crippen LogP contribution in [-0.2, 0) is 30.1 Å². The van der Waals surface area contributed by atoms with Crippen LogP contribution >= 0.6 is 0 Å². The van der Waals surface area contributed by atoms with Crippen LogP contribution in [0, 0.1) is 0 Å². The summed E-state index contributed by atoms with van der Waals surface area (Å²) in [7, 11) is 1.30. The number of hydrogen-bond donors (Lipinski definition) is 3. The fraction of sp³-hybridized carbons (Fsp3) is 0.200. The first kappa shape index (κ1) is 19.6. The van der Waals surface area contributed by atoms with Crippen LogP contribution in [0.2, 0.25) is 0 Å². The van der Waals surface area contributed by atoms with Crippen molar-refractivity contribution in [2.45, 2.75) is 22.9 Å². The third-order valence-electron chi connectivity index (χ3n) is 7.14. The molecule has 0 radical (unpaired) electrons. The summed E-state index contributed by atoms with van der Waals surface area (Å²) in [5, 5.41) is 9.21. The monoisotopic (exact) mass is 440 g/mol. The molecule has 6 rings (SSSR count). The van der Waals surface area contributed by atoms with Gasteiger partial charge in [0.2, 0.25) is 5.91 Å². The predicted octanol–water partition coefficient (Wildman–Crippen LogP) is 2.05. The van der Waals surface area contributed by atoms with Gasteiger partial charge in [-0.05, 0) is 29.3 Å². The highest BCUT2D eigenvalue weighted by atomic mass is 16.5. The van der Waals surface area contributed by atoms with Crippen LogP contribution in [0.1, 0.15) is 22.6 Å². The third kappa shape index (κ3) is 2.23. The normalized spacial score (nSPS) is 29.0. The molecule has 1 fully saturated rings. The first-order chi connectivity index (χ1) is 16.1. The lowest BCUT2D eigenvalue weighted by molar-refractivity contribution is -0.143. The van der Waals surface area contributed by atoms with Crippen LogP contribution < -0.4 is 16.0 Å². The first-order valence-corrected chi connectivity index (χ1v) is 10.6. The number of hydrogen-bond acceptors (Lipinski definition) is 6. The summed E-state index contributed by atoms with van der Waals surface area (Å²) in [6.07, 6.45) is 3.26. The van der Waals surface area contributed by atoms with Crippen LogP contribution in [0.15, 0.2) is 73.1 Å². The molecule has 0 bridgehead atoms. The topological polar surface area (TPSA) is 109 Å². The average Bonchev–Trinajstić information content (AvgIpc) is 3.44. The van der Waals surface area contributed by atoms with Gasteiger partial charge in [0.05, 0.1) is 7.11 Å². The Bertz CT molecular complexity index is 1330. The van der Waals surface area contributed by atoms with E-state index in [1.54, 1.807) is 30.6 Å². The van der Waals surface area contributed by atoms with Crippen molar-refractivity contribution in [2.75, 3.05) is 17.7 Å². The standard InChI is InChI=1S/C25H20N4O4/c1-33-21(30)20-19(14-7-6-12-26-13-14)24(15-8-2-4-10-17(15)27-22(24)31)25(29-20)16-9-3-5-11-18(16)28-23(25)32/h2-13,19-20,29H,1H3,(H,27,31)(H,28,32)/t19-,20+,24-,25-/m0/s1. The minimum Gasteiger partial charge on any atom is -0.468 e. The number of fused-ring (bicyclic) bond motifs is 5. The maximum Gasteiger partial charge on any atom is 0.323 e. The summed E-state index contributed by atoms with van der Waals surface area (Å²) >= 11 is 0. The van der Waals surface area contributed by atoms with E-state index in [1.165, 1.54) is 7.11 Å². The molecule has 8 heteroatoms. The van der Waals surface area contributed by atoms with Crippen LogP contribution in [0.25, 0.3) is 0 Å². The van der Waals surface area contributed by atoms with Crippen molar-refractivity contribution >= 4 is 29.2 Å². The Labute approximate surface area is 189 Å². The minimum absolute atomic E-state index is 0.358. The van der Waals surface area contributed by atoms with Gasteiger partial charge in [0.25, 0.3) is 5.91 Å². The molecule has 2 amide bonds. The quantitative estimate of drug-likeness (QED) is 0.527. The molecule has 3 aliphatic heterocycles. The highest BCUT2D eigenvalue weighted by Gasteiger charge is 2.77. The van der Waals surface area contributed by atoms with E-state index in [4.69, 9.17) is 4.74 Å². The van der Waals surface area contributed by atoms with Crippen LogP contribution in [-0.4, -0.2) is 35.9 Å². The Morgan fingerprint density at radius 3 is 2.27 bits per heavy atom. The Morgan fingerprint density at radius 2 is 1.58 bits per heavy atom. The molecule has 2 aromatic carbocycles. The van der Waals surface area contributed by atoms with Crippen molar-refractivity contribution in [3.05, 3.63) is 89.7 Å². The van der Waals surface area contributed by atoms with Crippen molar-refractivity contribution in [1.82, 2.24) is 10.3 Å². The smallest absolute Gasteiger partial charge is 0.323 e. The Hall–Kier alpha value is -4.04. The van der Waals surface area contributed by atoms with Gasteiger partial charge in [0, 0.05) is 35.2 Å². The first-order valence-electron chi connectivity index (χ1n) is 10.6. The predicted molar refractivity (Wildman–Crippen MR) is 119 cm³/mol. The number of anilines is 2. The second-order valence-corrected chi connectivity index (χ2v) is 8.47. The molecule has 3 aliphatic rings. The van der Waals surface area contributed by atoms with E-state index < -0.39 is 34.8 Å². The van der Waals surface area contributed by atoms with Crippen molar-refractivity contribution in [3.63, 3.8) is 0 Å². The maximum absolute atomic E-state index is 14.1. The summed E-state index contributed by atoms with van der Waals surface area (Å²) in [4.78, 5) is 45.4. The molecular weight excluding hydrogens is 420 g/mol. The maximum atomic E-state index is 14.1. The third-order valence-corrected chi connectivity index (χ3v) is 7.14. The van der Waals surface area contributed by atoms with Crippen LogP contribution in [0.5, 0.6) is 0 Å². The molecule has 8 nitrogen and oxygen atoms in total. The number of benzene rings is 2. The second kappa shape index (κ2) is 6.73. The lowest BCUT2D eigenvalue weighted by Gasteiger charge is -2.40. The molecule has 0 saturated carbocycles. The molecule has 1 aromatic heterocycles. The number of nitrogens with one attached hydrogen (secondary N) is 3. The molecule has 0 unspecified atom stereocenters. The molecule has 4 heterocycles. The molecule has 3 N–H and O–H groups in total. The minimum atomic E-state index is -1.54. The summed E-state index contributed by atoms with van der Waals surface area (Å²) in [5.74, 6) is -2.08. The zero-order valence-corrected chi connectivity index (χ0v) is 17.7. The fourth-order valence-corrected chi connectivity index (χ4v) is 5.99. The number of aromatic nitrogens is 1. The van der Waals surface area contributed by atoms with E-state index >= 15 is 0 Å². The van der Waals surface area contributed by atoms with Gasteiger partial charge < -0.3 is 15.4 Å². The van der Waals surface area contributed by atoms with Gasteiger partial charge in [0.1, 0.15) is 17.0 Å². The van der Waals surface area contributed by atoms with E-state index in [0.29, 0.717) is 28.1 Å². The van der Waals surface area contributed by atoms with Crippen molar-refractivity contribution in [3.8, 4) is 0 Å². The number of pyridine rings is 1. The number of nitrogens with zero attached hydrogens (tertiary/aromatic N) is 1. The molecule has 0 aliphatic carbocycles. The highest BCUT2D eigenvalue weighted by Crippen LogP contribution is 2.64. The Kier molecular flexibility index (Phi) is 4.00. The Balaban J connectivity index is 1.76.